The minimum Gasteiger partial charge on any atom is -0.372 e. The van der Waals surface area contributed by atoms with E-state index >= 15 is 0 Å². The monoisotopic (exact) mass is 382 g/mol. The van der Waals surface area contributed by atoms with Crippen LogP contribution in [-0.2, 0) is 4.79 Å². The van der Waals surface area contributed by atoms with Crippen molar-refractivity contribution in [1.82, 2.24) is 10.9 Å². The molecule has 8 heteroatoms. The number of rotatable bonds is 7. The molecule has 0 aromatic heterocycles. The Kier molecular flexibility index (Phi) is 7.27. The second-order valence-corrected chi connectivity index (χ2v) is 5.81. The predicted octanol–water partition coefficient (Wildman–Crippen LogP) is 2.92. The third-order valence-corrected chi connectivity index (χ3v) is 4.11. The Bertz CT molecular complexity index is 874. The number of amides is 2. The molecule has 0 aliphatic carbocycles. The van der Waals surface area contributed by atoms with Gasteiger partial charge in [0.05, 0.1) is 10.5 Å². The summed E-state index contributed by atoms with van der Waals surface area (Å²) in [6.45, 7) is 5.84. The van der Waals surface area contributed by atoms with Crippen molar-refractivity contribution in [1.29, 1.82) is 0 Å². The van der Waals surface area contributed by atoms with Crippen molar-refractivity contribution in [2.75, 3.05) is 18.0 Å². The molecular formula is C20H22N4O4. The van der Waals surface area contributed by atoms with Crippen LogP contribution in [-0.4, -0.2) is 29.8 Å². The predicted molar refractivity (Wildman–Crippen MR) is 108 cm³/mol. The molecular weight excluding hydrogens is 360 g/mol. The molecule has 0 saturated heterocycles. The quantitative estimate of drug-likeness (QED) is 0.435. The van der Waals surface area contributed by atoms with Crippen LogP contribution >= 0.6 is 0 Å². The highest BCUT2D eigenvalue weighted by molar-refractivity contribution is 5.98. The molecule has 0 atom stereocenters. The van der Waals surface area contributed by atoms with Gasteiger partial charge in [0.1, 0.15) is 0 Å². The van der Waals surface area contributed by atoms with Gasteiger partial charge >= 0.3 is 0 Å². The van der Waals surface area contributed by atoms with Gasteiger partial charge in [0.25, 0.3) is 17.5 Å². The minimum absolute atomic E-state index is 0.108. The number of hydrogen-bond acceptors (Lipinski definition) is 5. The van der Waals surface area contributed by atoms with Crippen LogP contribution in [0.5, 0.6) is 0 Å². The fourth-order valence-corrected chi connectivity index (χ4v) is 2.60. The van der Waals surface area contributed by atoms with Crippen LogP contribution < -0.4 is 15.8 Å². The molecule has 0 fully saturated rings. The zero-order valence-electron chi connectivity index (χ0n) is 15.7. The van der Waals surface area contributed by atoms with Gasteiger partial charge in [-0.25, -0.2) is 0 Å². The SMILES string of the molecule is CCN(CC)c1ccc(C(=O)NNC(=O)/C=C/c2ccccc2[N+](=O)[O-])cc1. The number of carbonyl (C=O) groups is 2. The molecule has 146 valence electrons. The number of carbonyl (C=O) groups excluding carboxylic acids is 2. The Morgan fingerprint density at radius 1 is 1.04 bits per heavy atom. The average Bonchev–Trinajstić information content (AvgIpc) is 2.72. The van der Waals surface area contributed by atoms with Crippen molar-refractivity contribution in [3.05, 3.63) is 75.8 Å². The molecule has 0 saturated carbocycles. The van der Waals surface area contributed by atoms with Crippen LogP contribution in [0, 0.1) is 10.1 Å². The van der Waals surface area contributed by atoms with E-state index in [9.17, 15) is 19.7 Å². The van der Waals surface area contributed by atoms with Crippen molar-refractivity contribution in [2.24, 2.45) is 0 Å². The molecule has 0 bridgehead atoms. The molecule has 8 nitrogen and oxygen atoms in total. The summed E-state index contributed by atoms with van der Waals surface area (Å²) in [5, 5.41) is 11.0. The first-order valence-corrected chi connectivity index (χ1v) is 8.83. The third kappa shape index (κ3) is 5.41. The largest absolute Gasteiger partial charge is 0.372 e. The lowest BCUT2D eigenvalue weighted by atomic mass is 10.1. The van der Waals surface area contributed by atoms with E-state index in [-0.39, 0.29) is 5.69 Å². The molecule has 28 heavy (non-hydrogen) atoms. The van der Waals surface area contributed by atoms with Gasteiger partial charge in [-0.1, -0.05) is 12.1 Å². The molecule has 2 aromatic carbocycles. The second kappa shape index (κ2) is 9.86. The number of benzene rings is 2. The Balaban J connectivity index is 1.94. The van der Waals surface area contributed by atoms with E-state index in [1.165, 1.54) is 18.2 Å². The topological polar surface area (TPSA) is 105 Å². The first-order valence-electron chi connectivity index (χ1n) is 8.83. The summed E-state index contributed by atoms with van der Waals surface area (Å²) in [5.74, 6) is -1.06. The van der Waals surface area contributed by atoms with Gasteiger partial charge in [-0.2, -0.15) is 0 Å². The van der Waals surface area contributed by atoms with Crippen LogP contribution in [0.2, 0.25) is 0 Å². The van der Waals surface area contributed by atoms with Crippen LogP contribution in [0.25, 0.3) is 6.08 Å². The first kappa shape index (κ1) is 20.6. The van der Waals surface area contributed by atoms with E-state index in [0.29, 0.717) is 11.1 Å². The molecule has 2 amide bonds. The lowest BCUT2D eigenvalue weighted by Gasteiger charge is -2.21. The highest BCUT2D eigenvalue weighted by atomic mass is 16.6. The summed E-state index contributed by atoms with van der Waals surface area (Å²) in [6, 6.07) is 13.1. The molecule has 0 unspecified atom stereocenters. The highest BCUT2D eigenvalue weighted by Crippen LogP contribution is 2.18. The smallest absolute Gasteiger partial charge is 0.276 e. The number of hydrogen-bond donors (Lipinski definition) is 2. The first-order chi connectivity index (χ1) is 13.5. The van der Waals surface area contributed by atoms with Crippen LogP contribution in [0.3, 0.4) is 0 Å². The summed E-state index contributed by atoms with van der Waals surface area (Å²) in [5.41, 5.74) is 6.16. The van der Waals surface area contributed by atoms with E-state index in [1.54, 1.807) is 24.3 Å². The van der Waals surface area contributed by atoms with Crippen molar-refractivity contribution >= 4 is 29.3 Å². The molecule has 0 spiro atoms. The summed E-state index contributed by atoms with van der Waals surface area (Å²) in [4.78, 5) is 36.6. The molecule has 0 radical (unpaired) electrons. The molecule has 2 rings (SSSR count). The molecule has 2 N–H and O–H groups in total. The van der Waals surface area contributed by atoms with Gasteiger partial charge in [-0.05, 0) is 50.3 Å². The number of nitrogens with one attached hydrogen (secondary N) is 2. The zero-order chi connectivity index (χ0) is 20.5. The van der Waals surface area contributed by atoms with Crippen LogP contribution in [0.15, 0.2) is 54.6 Å². The second-order valence-electron chi connectivity index (χ2n) is 5.81. The van der Waals surface area contributed by atoms with Crippen LogP contribution in [0.4, 0.5) is 11.4 Å². The summed E-state index contributed by atoms with van der Waals surface area (Å²) < 4.78 is 0. The summed E-state index contributed by atoms with van der Waals surface area (Å²) in [7, 11) is 0. The van der Waals surface area contributed by atoms with E-state index in [1.807, 2.05) is 12.1 Å². The van der Waals surface area contributed by atoms with E-state index in [4.69, 9.17) is 0 Å². The Morgan fingerprint density at radius 3 is 2.29 bits per heavy atom. The van der Waals surface area contributed by atoms with E-state index < -0.39 is 16.7 Å². The van der Waals surface area contributed by atoms with Crippen molar-refractivity contribution in [2.45, 2.75) is 13.8 Å². The summed E-state index contributed by atoms with van der Waals surface area (Å²) in [6.07, 6.45) is 2.44. The number of nitrogens with zero attached hydrogens (tertiary/aromatic N) is 2. The third-order valence-electron chi connectivity index (χ3n) is 4.11. The minimum atomic E-state index is -0.605. The fraction of sp³-hybridized carbons (Fsp3) is 0.200. The van der Waals surface area contributed by atoms with Gasteiger partial charge in [-0.15, -0.1) is 0 Å². The van der Waals surface area contributed by atoms with Crippen LogP contribution in [0.1, 0.15) is 29.8 Å². The van der Waals surface area contributed by atoms with Crippen molar-refractivity contribution < 1.29 is 14.5 Å². The van der Waals surface area contributed by atoms with E-state index in [2.05, 4.69) is 29.6 Å². The highest BCUT2D eigenvalue weighted by Gasteiger charge is 2.10. The zero-order valence-corrected chi connectivity index (χ0v) is 15.7. The lowest BCUT2D eigenvalue weighted by Crippen LogP contribution is -2.40. The maximum absolute atomic E-state index is 12.1. The van der Waals surface area contributed by atoms with Gasteiger partial charge in [0, 0.05) is 36.5 Å². The maximum atomic E-state index is 12.1. The van der Waals surface area contributed by atoms with Gasteiger partial charge < -0.3 is 4.90 Å². The molecule has 0 aliphatic heterocycles. The summed E-state index contributed by atoms with van der Waals surface area (Å²) >= 11 is 0. The molecule has 0 heterocycles. The lowest BCUT2D eigenvalue weighted by molar-refractivity contribution is -0.385. The Labute approximate surface area is 163 Å². The number of nitro benzene ring substituents is 1. The number of anilines is 1. The molecule has 0 aliphatic rings. The maximum Gasteiger partial charge on any atom is 0.276 e. The number of nitro groups is 1. The number of para-hydroxylation sites is 1. The Morgan fingerprint density at radius 2 is 1.68 bits per heavy atom. The van der Waals surface area contributed by atoms with Gasteiger partial charge in [0.2, 0.25) is 0 Å². The number of hydrazine groups is 1. The van der Waals surface area contributed by atoms with Crippen molar-refractivity contribution in [3.8, 4) is 0 Å². The van der Waals surface area contributed by atoms with Crippen molar-refractivity contribution in [3.63, 3.8) is 0 Å². The van der Waals surface area contributed by atoms with Gasteiger partial charge in [-0.3, -0.25) is 30.6 Å². The standard InChI is InChI=1S/C20H22N4O4/c1-3-23(4-2)17-12-9-16(10-13-17)20(26)22-21-19(25)14-11-15-7-5-6-8-18(15)24(27)28/h5-14H,3-4H2,1-2H3,(H,21,25)(H,22,26)/b14-11+. The Hall–Kier alpha value is -3.68. The fourth-order valence-electron chi connectivity index (χ4n) is 2.60. The normalized spacial score (nSPS) is 10.5. The van der Waals surface area contributed by atoms with E-state index in [0.717, 1.165) is 24.9 Å². The molecule has 2 aromatic rings. The van der Waals surface area contributed by atoms with Gasteiger partial charge in [0.15, 0.2) is 0 Å². The average molecular weight is 382 g/mol.